The van der Waals surface area contributed by atoms with Crippen molar-refractivity contribution in [2.24, 2.45) is 0 Å². The second-order valence-corrected chi connectivity index (χ2v) is 7.67. The van der Waals surface area contributed by atoms with E-state index in [-0.39, 0.29) is 17.2 Å². The Morgan fingerprint density at radius 2 is 1.80 bits per heavy atom. The minimum Gasteiger partial charge on any atom is -0.507 e. The fourth-order valence-electron chi connectivity index (χ4n) is 3.10. The van der Waals surface area contributed by atoms with Gasteiger partial charge in [-0.05, 0) is 45.7 Å². The Labute approximate surface area is 149 Å². The van der Waals surface area contributed by atoms with Crippen molar-refractivity contribution in [3.8, 4) is 5.75 Å². The van der Waals surface area contributed by atoms with Gasteiger partial charge in [0.1, 0.15) is 11.4 Å². The third kappa shape index (κ3) is 5.66. The van der Waals surface area contributed by atoms with E-state index in [1.807, 2.05) is 20.8 Å². The summed E-state index contributed by atoms with van der Waals surface area (Å²) >= 11 is 0. The Morgan fingerprint density at radius 3 is 2.40 bits per heavy atom. The van der Waals surface area contributed by atoms with Crippen LogP contribution in [0.4, 0.5) is 4.79 Å². The molecule has 0 aliphatic heterocycles. The number of hydrogen-bond donors (Lipinski definition) is 3. The maximum Gasteiger partial charge on any atom is 0.408 e. The van der Waals surface area contributed by atoms with Gasteiger partial charge >= 0.3 is 6.09 Å². The summed E-state index contributed by atoms with van der Waals surface area (Å²) in [7, 11) is 0. The Hall–Kier alpha value is -2.24. The van der Waals surface area contributed by atoms with E-state index < -0.39 is 17.2 Å². The van der Waals surface area contributed by atoms with Crippen molar-refractivity contribution in [3.05, 3.63) is 29.8 Å². The minimum atomic E-state index is -0.570. The summed E-state index contributed by atoms with van der Waals surface area (Å²) in [5.74, 6) is -0.410. The number of phenolic OH excluding ortho intramolecular Hbond substituents is 1. The Kier molecular flexibility index (Phi) is 5.93. The number of para-hydroxylation sites is 1. The van der Waals surface area contributed by atoms with Gasteiger partial charge in [-0.3, -0.25) is 4.79 Å². The zero-order chi connectivity index (χ0) is 18.5. The van der Waals surface area contributed by atoms with E-state index in [1.165, 1.54) is 6.07 Å². The predicted octanol–water partition coefficient (Wildman–Crippen LogP) is 3.35. The van der Waals surface area contributed by atoms with E-state index in [4.69, 9.17) is 4.74 Å². The molecule has 2 rings (SSSR count). The molecule has 2 amide bonds. The lowest BCUT2D eigenvalue weighted by Crippen LogP contribution is -2.57. The van der Waals surface area contributed by atoms with Crippen LogP contribution in [-0.4, -0.2) is 34.8 Å². The number of aromatic hydroxyl groups is 1. The molecule has 0 saturated heterocycles. The molecule has 1 saturated carbocycles. The highest BCUT2D eigenvalue weighted by Gasteiger charge is 2.35. The number of alkyl carbamates (subject to hydrolysis) is 1. The molecule has 1 fully saturated rings. The normalized spacial score (nSPS) is 16.8. The lowest BCUT2D eigenvalue weighted by molar-refractivity contribution is 0.0419. The van der Waals surface area contributed by atoms with Crippen molar-refractivity contribution >= 4 is 12.0 Å². The summed E-state index contributed by atoms with van der Waals surface area (Å²) in [6.07, 6.45) is 4.20. The summed E-state index contributed by atoms with van der Waals surface area (Å²) in [5.41, 5.74) is -0.856. The van der Waals surface area contributed by atoms with Crippen LogP contribution in [-0.2, 0) is 4.74 Å². The number of rotatable bonds is 4. The maximum absolute atomic E-state index is 12.3. The van der Waals surface area contributed by atoms with Crippen LogP contribution < -0.4 is 10.6 Å². The van der Waals surface area contributed by atoms with Crippen molar-refractivity contribution in [2.45, 2.75) is 64.0 Å². The van der Waals surface area contributed by atoms with Gasteiger partial charge in [-0.25, -0.2) is 4.79 Å². The van der Waals surface area contributed by atoms with E-state index >= 15 is 0 Å². The van der Waals surface area contributed by atoms with Gasteiger partial charge in [0, 0.05) is 6.54 Å². The number of amides is 2. The molecule has 0 aromatic heterocycles. The SMILES string of the molecule is CC(C)(C)OC(=O)NC1(CNC(=O)c2ccccc2O)CCCCC1. The van der Waals surface area contributed by atoms with Crippen LogP contribution >= 0.6 is 0 Å². The number of carbonyl (C=O) groups excluding carboxylic acids is 2. The van der Waals surface area contributed by atoms with Gasteiger partial charge in [0.25, 0.3) is 5.91 Å². The largest absolute Gasteiger partial charge is 0.507 e. The first-order valence-corrected chi connectivity index (χ1v) is 8.78. The molecule has 1 aromatic carbocycles. The zero-order valence-corrected chi connectivity index (χ0v) is 15.2. The van der Waals surface area contributed by atoms with Crippen molar-refractivity contribution in [1.29, 1.82) is 0 Å². The standard InChI is InChI=1S/C19H28N2O4/c1-18(2,3)25-17(24)21-19(11-7-4-8-12-19)13-20-16(23)14-9-5-6-10-15(14)22/h5-6,9-10,22H,4,7-8,11-13H2,1-3H3,(H,20,23)(H,21,24). The van der Waals surface area contributed by atoms with Crippen LogP contribution in [0.3, 0.4) is 0 Å². The fourth-order valence-corrected chi connectivity index (χ4v) is 3.10. The smallest absolute Gasteiger partial charge is 0.408 e. The van der Waals surface area contributed by atoms with E-state index in [2.05, 4.69) is 10.6 Å². The van der Waals surface area contributed by atoms with Crippen molar-refractivity contribution in [2.75, 3.05) is 6.54 Å². The first-order chi connectivity index (χ1) is 11.7. The van der Waals surface area contributed by atoms with Gasteiger partial charge in [0.05, 0.1) is 11.1 Å². The van der Waals surface area contributed by atoms with Crippen molar-refractivity contribution in [1.82, 2.24) is 10.6 Å². The molecule has 0 spiro atoms. The highest BCUT2D eigenvalue weighted by Crippen LogP contribution is 2.28. The summed E-state index contributed by atoms with van der Waals surface area (Å²) in [4.78, 5) is 24.6. The number of phenols is 1. The van der Waals surface area contributed by atoms with E-state index in [1.54, 1.807) is 18.2 Å². The van der Waals surface area contributed by atoms with Crippen LogP contribution in [0.15, 0.2) is 24.3 Å². The Morgan fingerprint density at radius 1 is 1.16 bits per heavy atom. The second-order valence-electron chi connectivity index (χ2n) is 7.67. The van der Waals surface area contributed by atoms with E-state index in [0.717, 1.165) is 32.1 Å². The minimum absolute atomic E-state index is 0.0576. The van der Waals surface area contributed by atoms with Crippen LogP contribution in [0.25, 0.3) is 0 Å². The molecule has 0 unspecified atom stereocenters. The molecule has 6 heteroatoms. The number of hydrogen-bond acceptors (Lipinski definition) is 4. The van der Waals surface area contributed by atoms with Gasteiger partial charge in [0.2, 0.25) is 0 Å². The average molecular weight is 348 g/mol. The van der Waals surface area contributed by atoms with E-state index in [9.17, 15) is 14.7 Å². The number of ether oxygens (including phenoxy) is 1. The third-order valence-electron chi connectivity index (χ3n) is 4.31. The molecule has 0 bridgehead atoms. The summed E-state index contributed by atoms with van der Waals surface area (Å²) in [6, 6.07) is 6.41. The molecule has 1 aliphatic carbocycles. The predicted molar refractivity (Wildman–Crippen MR) is 95.6 cm³/mol. The lowest BCUT2D eigenvalue weighted by atomic mass is 9.81. The van der Waals surface area contributed by atoms with Gasteiger partial charge in [-0.2, -0.15) is 0 Å². The highest BCUT2D eigenvalue weighted by atomic mass is 16.6. The molecule has 1 aliphatic rings. The van der Waals surface area contributed by atoms with E-state index in [0.29, 0.717) is 6.54 Å². The molecule has 1 aromatic rings. The molecule has 25 heavy (non-hydrogen) atoms. The summed E-state index contributed by atoms with van der Waals surface area (Å²) < 4.78 is 5.37. The molecule has 0 heterocycles. The quantitative estimate of drug-likeness (QED) is 0.779. The third-order valence-corrected chi connectivity index (χ3v) is 4.31. The molecule has 3 N–H and O–H groups in total. The topological polar surface area (TPSA) is 87.7 Å². The van der Waals surface area contributed by atoms with Gasteiger partial charge in [0.15, 0.2) is 0 Å². The molecule has 0 radical (unpaired) electrons. The molecular formula is C19H28N2O4. The maximum atomic E-state index is 12.3. The van der Waals surface area contributed by atoms with Crippen LogP contribution in [0.2, 0.25) is 0 Å². The highest BCUT2D eigenvalue weighted by molar-refractivity contribution is 5.96. The van der Waals surface area contributed by atoms with Crippen LogP contribution in [0.5, 0.6) is 5.75 Å². The lowest BCUT2D eigenvalue weighted by Gasteiger charge is -2.38. The van der Waals surface area contributed by atoms with Crippen molar-refractivity contribution < 1.29 is 19.4 Å². The molecule has 0 atom stereocenters. The fraction of sp³-hybridized carbons (Fsp3) is 0.579. The molecule has 138 valence electrons. The number of carbonyl (C=O) groups is 2. The molecule has 6 nitrogen and oxygen atoms in total. The van der Waals surface area contributed by atoms with Crippen LogP contribution in [0.1, 0.15) is 63.2 Å². The Balaban J connectivity index is 2.03. The van der Waals surface area contributed by atoms with Crippen molar-refractivity contribution in [3.63, 3.8) is 0 Å². The summed E-state index contributed by atoms with van der Waals surface area (Å²) in [5, 5.41) is 15.6. The first-order valence-electron chi connectivity index (χ1n) is 8.78. The first kappa shape index (κ1) is 19.1. The number of benzene rings is 1. The summed E-state index contributed by atoms with van der Waals surface area (Å²) in [6.45, 7) is 5.76. The zero-order valence-electron chi connectivity index (χ0n) is 15.2. The molecular weight excluding hydrogens is 320 g/mol. The van der Waals surface area contributed by atoms with Gasteiger partial charge in [-0.1, -0.05) is 31.4 Å². The average Bonchev–Trinajstić information content (AvgIpc) is 2.52. The number of nitrogens with one attached hydrogen (secondary N) is 2. The van der Waals surface area contributed by atoms with Gasteiger partial charge in [-0.15, -0.1) is 0 Å². The second kappa shape index (κ2) is 7.76. The van der Waals surface area contributed by atoms with Crippen LogP contribution in [0, 0.1) is 0 Å². The Bertz CT molecular complexity index is 616. The monoisotopic (exact) mass is 348 g/mol. The van der Waals surface area contributed by atoms with Gasteiger partial charge < -0.3 is 20.5 Å².